The molecule has 4 rings (SSSR count). The number of nitro groups is 2. The minimum absolute atomic E-state index is 0.0450. The first-order valence-electron chi connectivity index (χ1n) is 14.1. The second-order valence-corrected chi connectivity index (χ2v) is 12.3. The van der Waals surface area contributed by atoms with Gasteiger partial charge in [-0.1, -0.05) is 70.7 Å². The number of rotatable bonds is 15. The molecule has 16 heteroatoms. The van der Waals surface area contributed by atoms with Crippen molar-refractivity contribution in [2.45, 2.75) is 22.8 Å². The van der Waals surface area contributed by atoms with Crippen LogP contribution in [0.1, 0.15) is 11.1 Å². The van der Waals surface area contributed by atoms with Gasteiger partial charge in [0.25, 0.3) is 23.2 Å². The van der Waals surface area contributed by atoms with Crippen LogP contribution in [0, 0.1) is 20.2 Å². The molecular weight excluding hydrogens is 710 g/mol. The van der Waals surface area contributed by atoms with Crippen molar-refractivity contribution in [3.63, 3.8) is 0 Å². The molecule has 0 fully saturated rings. The molecule has 2 amide bonds. The zero-order chi connectivity index (χ0) is 34.8. The number of carbonyl (C=O) groups excluding carboxylic acids is 2. The number of carbonyl (C=O) groups is 2. The second kappa shape index (κ2) is 17.0. The highest BCUT2D eigenvalue weighted by Crippen LogP contribution is 2.26. The molecule has 0 unspecified atom stereocenters. The van der Waals surface area contributed by atoms with E-state index in [-0.39, 0.29) is 37.6 Å². The molecule has 12 nitrogen and oxygen atoms in total. The van der Waals surface area contributed by atoms with Crippen LogP contribution in [-0.2, 0) is 22.7 Å². The highest BCUT2D eigenvalue weighted by molar-refractivity contribution is 6.54. The maximum atomic E-state index is 12.9. The Bertz CT molecular complexity index is 1590. The molecule has 0 atom stereocenters. The quantitative estimate of drug-likeness (QED) is 0.0677. The van der Waals surface area contributed by atoms with E-state index in [2.05, 4.69) is 0 Å². The van der Waals surface area contributed by atoms with Crippen LogP contribution in [0.3, 0.4) is 0 Å². The van der Waals surface area contributed by atoms with Gasteiger partial charge in [-0.15, -0.1) is 0 Å². The summed E-state index contributed by atoms with van der Waals surface area (Å²) in [7, 11) is 0. The van der Waals surface area contributed by atoms with Crippen LogP contribution in [-0.4, -0.2) is 54.2 Å². The predicted molar refractivity (Wildman–Crippen MR) is 181 cm³/mol. The highest BCUT2D eigenvalue weighted by atomic mass is 35.5. The monoisotopic (exact) mass is 734 g/mol. The Morgan fingerprint density at radius 3 is 1.06 bits per heavy atom. The van der Waals surface area contributed by atoms with E-state index in [1.807, 2.05) is 0 Å². The molecule has 0 aromatic heterocycles. The minimum Gasteiger partial charge on any atom is -0.457 e. The summed E-state index contributed by atoms with van der Waals surface area (Å²) < 4.78 is 11.5. The molecule has 48 heavy (non-hydrogen) atoms. The lowest BCUT2D eigenvalue weighted by Gasteiger charge is -2.29. The molecule has 0 radical (unpaired) electrons. The number of nitrogens with zero attached hydrogens (tertiary/aromatic N) is 4. The van der Waals surface area contributed by atoms with Gasteiger partial charge < -0.3 is 19.3 Å². The van der Waals surface area contributed by atoms with Crippen LogP contribution in [0.5, 0.6) is 23.0 Å². The van der Waals surface area contributed by atoms with Crippen LogP contribution in [0.25, 0.3) is 0 Å². The van der Waals surface area contributed by atoms with Crippen molar-refractivity contribution in [3.05, 3.63) is 128 Å². The van der Waals surface area contributed by atoms with Gasteiger partial charge in [0, 0.05) is 50.4 Å². The largest absolute Gasteiger partial charge is 0.457 e. The SMILES string of the molecule is O=C(C(Cl)Cl)N(CCN(Cc1ccc(Oc2ccc([N+](=O)[O-])cc2)cc1)C(=O)C(Cl)Cl)Cc1ccc(Oc2ccc([N+](=O)[O-])cc2)cc1. The molecule has 0 heterocycles. The maximum Gasteiger partial charge on any atom is 0.269 e. The van der Waals surface area contributed by atoms with Crippen LogP contribution in [0.15, 0.2) is 97.1 Å². The van der Waals surface area contributed by atoms with Crippen molar-refractivity contribution in [1.82, 2.24) is 9.80 Å². The average molecular weight is 736 g/mol. The zero-order valence-electron chi connectivity index (χ0n) is 24.8. The number of alkyl halides is 4. The van der Waals surface area contributed by atoms with Crippen molar-refractivity contribution in [2.75, 3.05) is 13.1 Å². The summed E-state index contributed by atoms with van der Waals surface area (Å²) in [5.74, 6) is 0.607. The Balaban J connectivity index is 1.40. The van der Waals surface area contributed by atoms with Crippen LogP contribution in [0.4, 0.5) is 11.4 Å². The molecule has 0 N–H and O–H groups in total. The van der Waals surface area contributed by atoms with Crippen molar-refractivity contribution < 1.29 is 28.9 Å². The second-order valence-electron chi connectivity index (χ2n) is 10.1. The van der Waals surface area contributed by atoms with Gasteiger partial charge in [-0.25, -0.2) is 0 Å². The third-order valence-corrected chi connectivity index (χ3v) is 7.54. The van der Waals surface area contributed by atoms with Crippen LogP contribution < -0.4 is 9.47 Å². The first-order chi connectivity index (χ1) is 22.9. The number of nitro benzene ring substituents is 2. The number of hydrogen-bond donors (Lipinski definition) is 0. The topological polar surface area (TPSA) is 145 Å². The Kier molecular flexibility index (Phi) is 12.8. The molecule has 0 spiro atoms. The van der Waals surface area contributed by atoms with Gasteiger partial charge in [-0.05, 0) is 59.7 Å². The minimum atomic E-state index is -1.35. The molecule has 250 valence electrons. The van der Waals surface area contributed by atoms with E-state index < -0.39 is 31.3 Å². The Morgan fingerprint density at radius 1 is 0.542 bits per heavy atom. The fourth-order valence-electron chi connectivity index (χ4n) is 4.36. The fourth-order valence-corrected chi connectivity index (χ4v) is 4.91. The Labute approximate surface area is 294 Å². The molecule has 0 aliphatic heterocycles. The number of ether oxygens (including phenoxy) is 2. The summed E-state index contributed by atoms with van der Waals surface area (Å²) in [5, 5.41) is 21.7. The standard InChI is InChI=1S/C32H26Cl4N4O8/c33-29(34)31(41)37(19-21-1-9-25(10-2-21)47-27-13-5-23(6-14-27)39(43)44)17-18-38(32(42)30(35)36)20-22-3-11-26(12-4-22)48-28-15-7-24(8-16-28)40(45)46/h1-16,29-30H,17-20H2. The lowest BCUT2D eigenvalue weighted by Crippen LogP contribution is -2.43. The van der Waals surface area contributed by atoms with Crippen molar-refractivity contribution in [3.8, 4) is 23.0 Å². The normalized spacial score (nSPS) is 10.9. The summed E-state index contributed by atoms with van der Waals surface area (Å²) in [6.45, 7) is 0.301. The first kappa shape index (κ1) is 36.2. The van der Waals surface area contributed by atoms with Gasteiger partial charge >= 0.3 is 0 Å². The van der Waals surface area contributed by atoms with Gasteiger partial charge in [0.2, 0.25) is 0 Å². The lowest BCUT2D eigenvalue weighted by atomic mass is 10.2. The number of amides is 2. The van der Waals surface area contributed by atoms with Gasteiger partial charge in [0.15, 0.2) is 9.67 Å². The summed E-state index contributed by atoms with van der Waals surface area (Å²) in [5.41, 5.74) is 1.30. The zero-order valence-corrected chi connectivity index (χ0v) is 27.8. The predicted octanol–water partition coefficient (Wildman–Crippen LogP) is 8.05. The van der Waals surface area contributed by atoms with Gasteiger partial charge in [-0.3, -0.25) is 29.8 Å². The van der Waals surface area contributed by atoms with Crippen molar-refractivity contribution >= 4 is 69.6 Å². The molecule has 4 aromatic carbocycles. The molecule has 0 aliphatic rings. The fraction of sp³-hybridized carbons (Fsp3) is 0.188. The maximum absolute atomic E-state index is 12.9. The lowest BCUT2D eigenvalue weighted by molar-refractivity contribution is -0.385. The third-order valence-electron chi connectivity index (χ3n) is 6.80. The third kappa shape index (κ3) is 10.4. The van der Waals surface area contributed by atoms with Crippen LogP contribution >= 0.6 is 46.4 Å². The smallest absolute Gasteiger partial charge is 0.269 e. The van der Waals surface area contributed by atoms with Crippen LogP contribution in [0.2, 0.25) is 0 Å². The van der Waals surface area contributed by atoms with E-state index in [1.165, 1.54) is 58.3 Å². The Morgan fingerprint density at radius 2 is 0.812 bits per heavy atom. The van der Waals surface area contributed by atoms with E-state index in [9.17, 15) is 29.8 Å². The average Bonchev–Trinajstić information content (AvgIpc) is 3.07. The molecular formula is C32H26Cl4N4O8. The van der Waals surface area contributed by atoms with E-state index in [0.717, 1.165) is 0 Å². The van der Waals surface area contributed by atoms with Gasteiger partial charge in [0.1, 0.15) is 23.0 Å². The summed E-state index contributed by atoms with van der Waals surface area (Å²) in [6, 6.07) is 24.9. The number of hydrogen-bond acceptors (Lipinski definition) is 8. The van der Waals surface area contributed by atoms with E-state index in [1.54, 1.807) is 48.5 Å². The molecule has 0 saturated carbocycles. The highest BCUT2D eigenvalue weighted by Gasteiger charge is 2.25. The van der Waals surface area contributed by atoms with E-state index in [4.69, 9.17) is 55.9 Å². The Hall–Kier alpha value is -4.62. The van der Waals surface area contributed by atoms with E-state index >= 15 is 0 Å². The van der Waals surface area contributed by atoms with E-state index in [0.29, 0.717) is 34.1 Å². The first-order valence-corrected chi connectivity index (χ1v) is 15.8. The number of non-ortho nitro benzene ring substituents is 2. The van der Waals surface area contributed by atoms with Gasteiger partial charge in [-0.2, -0.15) is 0 Å². The molecule has 0 bridgehead atoms. The molecule has 0 aliphatic carbocycles. The van der Waals surface area contributed by atoms with Gasteiger partial charge in [0.05, 0.1) is 9.85 Å². The summed E-state index contributed by atoms with van der Waals surface area (Å²) >= 11 is 23.7. The molecule has 0 saturated heterocycles. The van der Waals surface area contributed by atoms with Crippen molar-refractivity contribution in [1.29, 1.82) is 0 Å². The number of halogens is 4. The van der Waals surface area contributed by atoms with Crippen molar-refractivity contribution in [2.24, 2.45) is 0 Å². The summed E-state index contributed by atoms with van der Waals surface area (Å²) in [6.07, 6.45) is 0. The molecule has 4 aromatic rings. The number of benzene rings is 4. The summed E-state index contributed by atoms with van der Waals surface area (Å²) in [4.78, 5) is 46.7.